The largest absolute Gasteiger partial charge is 0.438 e. The Bertz CT molecular complexity index is 951. The van der Waals surface area contributed by atoms with E-state index in [-0.39, 0.29) is 16.4 Å². The molecule has 3 N–H and O–H groups in total. The highest BCUT2D eigenvalue weighted by molar-refractivity contribution is 8.46. The average Bonchev–Trinajstić information content (AvgIpc) is 3.15. The molecule has 0 spiro atoms. The van der Waals surface area contributed by atoms with Crippen LogP contribution in [-0.4, -0.2) is 20.4 Å². The fourth-order valence-corrected chi connectivity index (χ4v) is 5.38. The maximum Gasteiger partial charge on any atom is 0.438 e. The Kier molecular flexibility index (Phi) is 4.92. The van der Waals surface area contributed by atoms with Gasteiger partial charge < -0.3 is 10.3 Å². The van der Waals surface area contributed by atoms with Crippen LogP contribution in [0.5, 0.6) is 0 Å². The molecule has 0 saturated carbocycles. The minimum atomic E-state index is -4.60. The Balaban J connectivity index is 1.94. The monoisotopic (exact) mass is 400 g/mol. The summed E-state index contributed by atoms with van der Waals surface area (Å²) < 4.78 is 40.9. The zero-order valence-electron chi connectivity index (χ0n) is 13.3. The fourth-order valence-electron chi connectivity index (χ4n) is 2.00. The SMILES string of the molecule is Cn1cncc1S[s+]1cc(C(F)(F)F)nc1NC(=O)c1ccccc1N. The molecule has 0 aliphatic heterocycles. The van der Waals surface area contributed by atoms with E-state index in [2.05, 4.69) is 15.3 Å². The minimum Gasteiger partial charge on any atom is -0.398 e. The number of para-hydroxylation sites is 1. The molecule has 1 unspecified atom stereocenters. The molecule has 11 heteroatoms. The second kappa shape index (κ2) is 7.00. The lowest BCUT2D eigenvalue weighted by atomic mass is 10.2. The van der Waals surface area contributed by atoms with Crippen LogP contribution in [0.25, 0.3) is 0 Å². The molecular formula is C15H13F3N5OS2+. The number of benzene rings is 1. The van der Waals surface area contributed by atoms with Gasteiger partial charge in [0, 0.05) is 12.7 Å². The molecule has 0 saturated heterocycles. The lowest BCUT2D eigenvalue weighted by Gasteiger charge is -2.03. The van der Waals surface area contributed by atoms with E-state index in [9.17, 15) is 18.0 Å². The normalized spacial score (nSPS) is 12.2. The van der Waals surface area contributed by atoms with Crippen molar-refractivity contribution >= 4 is 37.0 Å². The van der Waals surface area contributed by atoms with Gasteiger partial charge in [-0.2, -0.15) is 18.2 Å². The summed E-state index contributed by atoms with van der Waals surface area (Å²) >= 11 is 0. The summed E-state index contributed by atoms with van der Waals surface area (Å²) in [7, 11) is 1.72. The van der Waals surface area contributed by atoms with Crippen molar-refractivity contribution in [1.82, 2.24) is 14.5 Å². The summed E-state index contributed by atoms with van der Waals surface area (Å²) in [5.41, 5.74) is 5.11. The standard InChI is InChI=1S/C15H12F3N5OS2/c1-23-8-20-6-12(23)25-26-7-11(15(16,17)18)21-14(26)22-13(24)9-4-2-3-5-10(9)19/h2-8H,1H3,(H2-,19,21,22,24)/p+1. The molecule has 0 aliphatic rings. The van der Waals surface area contributed by atoms with Gasteiger partial charge in [-0.1, -0.05) is 12.1 Å². The average molecular weight is 400 g/mol. The van der Waals surface area contributed by atoms with Gasteiger partial charge in [-0.05, 0) is 12.1 Å². The number of nitrogen functional groups attached to an aromatic ring is 1. The predicted molar refractivity (Wildman–Crippen MR) is 95.0 cm³/mol. The Morgan fingerprint density at radius 2 is 2.08 bits per heavy atom. The maximum atomic E-state index is 13.1. The van der Waals surface area contributed by atoms with Gasteiger partial charge in [0.05, 0.1) is 18.1 Å². The van der Waals surface area contributed by atoms with E-state index in [0.29, 0.717) is 5.03 Å². The van der Waals surface area contributed by atoms with Crippen molar-refractivity contribution in [2.24, 2.45) is 7.05 Å². The summed E-state index contributed by atoms with van der Waals surface area (Å²) in [6, 6.07) is 6.30. The van der Waals surface area contributed by atoms with Crippen LogP contribution in [-0.2, 0) is 13.2 Å². The summed E-state index contributed by atoms with van der Waals surface area (Å²) in [6.07, 6.45) is -1.53. The number of hydrogen-bond acceptors (Lipinski definition) is 5. The van der Waals surface area contributed by atoms with Gasteiger partial charge in [0.1, 0.15) is 9.50 Å². The van der Waals surface area contributed by atoms with Crippen molar-refractivity contribution in [3.05, 3.63) is 53.4 Å². The molecule has 0 bridgehead atoms. The highest BCUT2D eigenvalue weighted by atomic mass is 33.1. The summed E-state index contributed by atoms with van der Waals surface area (Å²) in [6.45, 7) is 0. The summed E-state index contributed by atoms with van der Waals surface area (Å²) in [5.74, 6) is -0.609. The molecule has 1 amide bonds. The van der Waals surface area contributed by atoms with E-state index < -0.39 is 27.3 Å². The molecule has 2 aromatic heterocycles. The van der Waals surface area contributed by atoms with Crippen LogP contribution >= 0.6 is 20.3 Å². The first-order chi connectivity index (χ1) is 12.3. The number of halogens is 3. The first-order valence-electron chi connectivity index (χ1n) is 7.17. The first kappa shape index (κ1) is 18.3. The topological polar surface area (TPSA) is 85.8 Å². The number of nitrogens with two attached hydrogens (primary N) is 1. The van der Waals surface area contributed by atoms with Crippen LogP contribution in [0.1, 0.15) is 16.1 Å². The van der Waals surface area contributed by atoms with Gasteiger partial charge in [0.15, 0.2) is 21.2 Å². The molecule has 0 aliphatic carbocycles. The number of nitrogens with zero attached hydrogens (tertiary/aromatic N) is 3. The molecule has 3 aromatic rings. The van der Waals surface area contributed by atoms with Crippen molar-refractivity contribution in [1.29, 1.82) is 0 Å². The smallest absolute Gasteiger partial charge is 0.398 e. The molecule has 26 heavy (non-hydrogen) atoms. The zero-order valence-corrected chi connectivity index (χ0v) is 15.0. The van der Waals surface area contributed by atoms with E-state index in [4.69, 9.17) is 5.73 Å². The number of alkyl halides is 3. The van der Waals surface area contributed by atoms with Crippen molar-refractivity contribution in [2.75, 3.05) is 11.1 Å². The Morgan fingerprint density at radius 1 is 1.35 bits per heavy atom. The van der Waals surface area contributed by atoms with Gasteiger partial charge in [0.2, 0.25) is 5.69 Å². The number of carbonyl (C=O) groups is 1. The number of thiazole rings is 1. The quantitative estimate of drug-likeness (QED) is 0.393. The number of carbonyl (C=O) groups excluding carboxylic acids is 1. The van der Waals surface area contributed by atoms with Gasteiger partial charge in [-0.15, -0.1) is 0 Å². The fraction of sp³-hybridized carbons (Fsp3) is 0.133. The van der Waals surface area contributed by atoms with Crippen LogP contribution in [0.15, 0.2) is 47.2 Å². The van der Waals surface area contributed by atoms with Gasteiger partial charge in [0.25, 0.3) is 5.91 Å². The van der Waals surface area contributed by atoms with Crippen LogP contribution in [0.2, 0.25) is 0 Å². The molecule has 2 heterocycles. The van der Waals surface area contributed by atoms with Crippen molar-refractivity contribution in [3.63, 3.8) is 0 Å². The van der Waals surface area contributed by atoms with E-state index in [0.717, 1.165) is 16.2 Å². The maximum absolute atomic E-state index is 13.1. The number of anilines is 2. The van der Waals surface area contributed by atoms with Gasteiger partial charge in [-0.25, -0.2) is 4.98 Å². The van der Waals surface area contributed by atoms with Gasteiger partial charge in [-0.3, -0.25) is 10.1 Å². The minimum absolute atomic E-state index is 0.0724. The number of aromatic nitrogens is 3. The Morgan fingerprint density at radius 3 is 2.69 bits per heavy atom. The van der Waals surface area contributed by atoms with Crippen molar-refractivity contribution in [3.8, 4) is 0 Å². The lowest BCUT2D eigenvalue weighted by molar-refractivity contribution is -0.140. The number of rotatable bonds is 4. The molecule has 0 fully saturated rings. The number of nitrogens with one attached hydrogen (secondary N) is 1. The number of amides is 1. The predicted octanol–water partition coefficient (Wildman–Crippen LogP) is 3.97. The Labute approximate surface area is 152 Å². The summed E-state index contributed by atoms with van der Waals surface area (Å²) in [4.78, 5) is 19.9. The van der Waals surface area contributed by atoms with Crippen LogP contribution in [0, 0.1) is 0 Å². The number of imidazole rings is 1. The molecular weight excluding hydrogens is 387 g/mol. The van der Waals surface area contributed by atoms with E-state index in [1.807, 2.05) is 0 Å². The van der Waals surface area contributed by atoms with Crippen molar-refractivity contribution in [2.45, 2.75) is 11.2 Å². The number of hydrogen-bond donors (Lipinski definition) is 2. The highest BCUT2D eigenvalue weighted by Crippen LogP contribution is 2.48. The third kappa shape index (κ3) is 3.83. The molecule has 1 aromatic carbocycles. The lowest BCUT2D eigenvalue weighted by Crippen LogP contribution is -2.14. The van der Waals surface area contributed by atoms with Gasteiger partial charge >= 0.3 is 11.3 Å². The van der Waals surface area contributed by atoms with Crippen LogP contribution < -0.4 is 11.1 Å². The third-order valence-electron chi connectivity index (χ3n) is 3.30. The second-order valence-electron chi connectivity index (χ2n) is 5.18. The van der Waals surface area contributed by atoms with Crippen molar-refractivity contribution < 1.29 is 18.0 Å². The van der Waals surface area contributed by atoms with E-state index >= 15 is 0 Å². The number of aryl methyl sites for hydroxylation is 1. The molecule has 0 radical (unpaired) electrons. The third-order valence-corrected chi connectivity index (χ3v) is 6.86. The summed E-state index contributed by atoms with van der Waals surface area (Å²) in [5, 5.41) is 4.04. The zero-order chi connectivity index (χ0) is 18.9. The second-order valence-corrected chi connectivity index (χ2v) is 8.56. The molecule has 6 nitrogen and oxygen atoms in total. The molecule has 136 valence electrons. The molecule has 1 atom stereocenters. The van der Waals surface area contributed by atoms with Crippen LogP contribution in [0.4, 0.5) is 24.0 Å². The molecule has 3 rings (SSSR count). The van der Waals surface area contributed by atoms with E-state index in [1.54, 1.807) is 23.7 Å². The van der Waals surface area contributed by atoms with Crippen LogP contribution in [0.3, 0.4) is 0 Å². The Hall–Kier alpha value is -2.53. The first-order valence-corrected chi connectivity index (χ1v) is 9.79. The van der Waals surface area contributed by atoms with E-state index in [1.165, 1.54) is 24.7 Å². The highest BCUT2D eigenvalue weighted by Gasteiger charge is 2.40.